The van der Waals surface area contributed by atoms with Crippen LogP contribution in [0.1, 0.15) is 46.8 Å². The molecule has 0 aliphatic carbocycles. The van der Waals surface area contributed by atoms with E-state index in [9.17, 15) is 9.90 Å². The lowest BCUT2D eigenvalue weighted by Crippen LogP contribution is -2.37. The van der Waals surface area contributed by atoms with Crippen molar-refractivity contribution >= 4 is 17.2 Å². The number of hydrogen-bond acceptors (Lipinski definition) is 6. The number of aryl methyl sites for hydroxylation is 1. The van der Waals surface area contributed by atoms with Gasteiger partial charge in [0.15, 0.2) is 0 Å². The van der Waals surface area contributed by atoms with Crippen LogP contribution in [0.3, 0.4) is 0 Å². The van der Waals surface area contributed by atoms with E-state index in [1.165, 1.54) is 11.3 Å². The van der Waals surface area contributed by atoms with Crippen molar-refractivity contribution in [3.63, 3.8) is 0 Å². The van der Waals surface area contributed by atoms with Gasteiger partial charge in [-0.1, -0.05) is 11.2 Å². The lowest BCUT2D eigenvalue weighted by atomic mass is 10.1. The van der Waals surface area contributed by atoms with E-state index >= 15 is 0 Å². The quantitative estimate of drug-likeness (QED) is 0.936. The van der Waals surface area contributed by atoms with Crippen molar-refractivity contribution in [2.45, 2.75) is 38.3 Å². The lowest BCUT2D eigenvalue weighted by molar-refractivity contribution is 0.0655. The third kappa shape index (κ3) is 2.98. The van der Waals surface area contributed by atoms with E-state index in [1.807, 2.05) is 17.5 Å². The number of thiophene rings is 1. The maximum absolute atomic E-state index is 12.4. The van der Waals surface area contributed by atoms with Crippen LogP contribution in [0.2, 0.25) is 0 Å². The summed E-state index contributed by atoms with van der Waals surface area (Å²) in [5, 5.41) is 15.9. The molecule has 0 bridgehead atoms. The average molecular weight is 307 g/mol. The highest BCUT2D eigenvalue weighted by molar-refractivity contribution is 7.10. The molecule has 2 aromatic heterocycles. The molecule has 2 aromatic rings. The predicted molar refractivity (Wildman–Crippen MR) is 77.0 cm³/mol. The highest BCUT2D eigenvalue weighted by Crippen LogP contribution is 2.30. The Morgan fingerprint density at radius 2 is 2.52 bits per heavy atom. The molecule has 6 nitrogen and oxygen atoms in total. The highest BCUT2D eigenvalue weighted by atomic mass is 32.1. The molecular formula is C14H17N3O3S. The number of hydrogen-bond donors (Lipinski definition) is 1. The minimum Gasteiger partial charge on any atom is -0.387 e. The summed E-state index contributed by atoms with van der Waals surface area (Å²) < 4.78 is 4.86. The fraction of sp³-hybridized carbons (Fsp3) is 0.500. The van der Waals surface area contributed by atoms with Gasteiger partial charge in [-0.15, -0.1) is 11.3 Å². The van der Waals surface area contributed by atoms with E-state index in [1.54, 1.807) is 11.8 Å². The molecule has 21 heavy (non-hydrogen) atoms. The molecule has 1 aliphatic heterocycles. The first-order valence-electron chi connectivity index (χ1n) is 6.98. The van der Waals surface area contributed by atoms with Crippen LogP contribution < -0.4 is 0 Å². The average Bonchev–Trinajstić information content (AvgIpc) is 3.18. The van der Waals surface area contributed by atoms with Gasteiger partial charge in [-0.25, -0.2) is 0 Å². The number of likely N-dealkylation sites (tertiary alicyclic amines) is 1. The van der Waals surface area contributed by atoms with Crippen LogP contribution in [0.25, 0.3) is 0 Å². The normalized spacial score (nSPS) is 19.9. The molecule has 0 spiro atoms. The Labute approximate surface area is 126 Å². The van der Waals surface area contributed by atoms with Gasteiger partial charge in [0.05, 0.1) is 6.10 Å². The Morgan fingerprint density at radius 3 is 3.19 bits per heavy atom. The summed E-state index contributed by atoms with van der Waals surface area (Å²) in [4.78, 5) is 19.1. The molecule has 1 amide bonds. The number of aliphatic hydroxyl groups is 1. The second-order valence-corrected chi connectivity index (χ2v) is 6.18. The lowest BCUT2D eigenvalue weighted by Gasteiger charge is -2.25. The fourth-order valence-electron chi connectivity index (χ4n) is 2.72. The minimum atomic E-state index is -0.532. The zero-order valence-electron chi connectivity index (χ0n) is 11.7. The van der Waals surface area contributed by atoms with Crippen molar-refractivity contribution < 1.29 is 14.4 Å². The molecule has 1 saturated heterocycles. The molecular weight excluding hydrogens is 290 g/mol. The number of aliphatic hydroxyl groups excluding tert-OH is 1. The van der Waals surface area contributed by atoms with E-state index in [0.717, 1.165) is 17.7 Å². The van der Waals surface area contributed by atoms with Gasteiger partial charge in [-0.2, -0.15) is 4.98 Å². The summed E-state index contributed by atoms with van der Waals surface area (Å²) in [5.41, 5.74) is 0. The number of carbonyl (C=O) groups excluding carboxylic acids is 1. The summed E-state index contributed by atoms with van der Waals surface area (Å²) in [7, 11) is 0. The predicted octanol–water partition coefficient (Wildman–Crippen LogP) is 2.17. The number of aromatic nitrogens is 2. The molecule has 3 heterocycles. The molecule has 1 N–H and O–H groups in total. The third-order valence-electron chi connectivity index (χ3n) is 3.72. The fourth-order valence-corrected chi connectivity index (χ4v) is 3.44. The molecule has 112 valence electrons. The second-order valence-electron chi connectivity index (χ2n) is 5.20. The number of nitrogens with zero attached hydrogens (tertiary/aromatic N) is 3. The highest BCUT2D eigenvalue weighted by Gasteiger charge is 2.33. The Bertz CT molecular complexity index is 611. The van der Waals surface area contributed by atoms with Gasteiger partial charge in [-0.05, 0) is 30.7 Å². The standard InChI is InChI=1S/C14H17N3O3S/c1-9-15-13(16-20-9)14(19)17-6-2-4-10(17)8-11(18)12-5-3-7-21-12/h3,5,7,10-11,18H,2,4,6,8H2,1H3/t10-,11+/m0/s1. The molecule has 1 fully saturated rings. The monoisotopic (exact) mass is 307 g/mol. The van der Waals surface area contributed by atoms with E-state index in [4.69, 9.17) is 4.52 Å². The first-order chi connectivity index (χ1) is 10.1. The largest absolute Gasteiger partial charge is 0.387 e. The summed E-state index contributed by atoms with van der Waals surface area (Å²) in [6.45, 7) is 2.33. The van der Waals surface area contributed by atoms with Crippen LogP contribution in [0.4, 0.5) is 0 Å². The van der Waals surface area contributed by atoms with Crippen molar-refractivity contribution in [2.24, 2.45) is 0 Å². The van der Waals surface area contributed by atoms with Crippen molar-refractivity contribution in [3.8, 4) is 0 Å². The molecule has 0 aromatic carbocycles. The van der Waals surface area contributed by atoms with Crippen LogP contribution in [0.15, 0.2) is 22.0 Å². The minimum absolute atomic E-state index is 0.0217. The smallest absolute Gasteiger partial charge is 0.295 e. The molecule has 0 radical (unpaired) electrons. The zero-order chi connectivity index (χ0) is 14.8. The van der Waals surface area contributed by atoms with Crippen molar-refractivity contribution in [2.75, 3.05) is 6.54 Å². The van der Waals surface area contributed by atoms with Crippen LogP contribution in [0, 0.1) is 6.92 Å². The number of carbonyl (C=O) groups is 1. The molecule has 0 saturated carbocycles. The van der Waals surface area contributed by atoms with Crippen molar-refractivity contribution in [1.82, 2.24) is 15.0 Å². The van der Waals surface area contributed by atoms with Crippen molar-refractivity contribution in [3.05, 3.63) is 34.1 Å². The van der Waals surface area contributed by atoms with Crippen LogP contribution >= 0.6 is 11.3 Å². The molecule has 1 aliphatic rings. The van der Waals surface area contributed by atoms with Gasteiger partial charge >= 0.3 is 0 Å². The summed E-state index contributed by atoms with van der Waals surface area (Å²) in [6.07, 6.45) is 1.84. The summed E-state index contributed by atoms with van der Waals surface area (Å²) in [5.74, 6) is 0.269. The second kappa shape index (κ2) is 5.95. The van der Waals surface area contributed by atoms with Crippen molar-refractivity contribution in [1.29, 1.82) is 0 Å². The number of amides is 1. The van der Waals surface area contributed by atoms with Crippen LogP contribution in [-0.2, 0) is 0 Å². The Balaban J connectivity index is 1.69. The van der Waals surface area contributed by atoms with Gasteiger partial charge in [0.1, 0.15) is 0 Å². The van der Waals surface area contributed by atoms with Gasteiger partial charge in [0.25, 0.3) is 11.7 Å². The Hall–Kier alpha value is -1.73. The maximum Gasteiger partial charge on any atom is 0.295 e. The SMILES string of the molecule is Cc1nc(C(=O)N2CCC[C@H]2C[C@@H](O)c2cccs2)no1. The molecule has 7 heteroatoms. The molecule has 2 atom stereocenters. The van der Waals surface area contributed by atoms with Crippen LogP contribution in [-0.4, -0.2) is 38.6 Å². The summed E-state index contributed by atoms with van der Waals surface area (Å²) >= 11 is 1.53. The zero-order valence-corrected chi connectivity index (χ0v) is 12.5. The van der Waals surface area contributed by atoms with E-state index in [0.29, 0.717) is 18.9 Å². The molecule has 3 rings (SSSR count). The number of rotatable bonds is 4. The van der Waals surface area contributed by atoms with Gasteiger partial charge in [-0.3, -0.25) is 4.79 Å². The maximum atomic E-state index is 12.4. The first kappa shape index (κ1) is 14.2. The Morgan fingerprint density at radius 1 is 1.67 bits per heavy atom. The van der Waals surface area contributed by atoms with Gasteiger partial charge in [0.2, 0.25) is 5.89 Å². The Kier molecular flexibility index (Phi) is 4.03. The summed E-state index contributed by atoms with van der Waals surface area (Å²) in [6, 6.07) is 3.86. The van der Waals surface area contributed by atoms with Crippen LogP contribution in [0.5, 0.6) is 0 Å². The third-order valence-corrected chi connectivity index (χ3v) is 4.70. The van der Waals surface area contributed by atoms with E-state index in [-0.39, 0.29) is 17.8 Å². The van der Waals surface area contributed by atoms with E-state index < -0.39 is 6.10 Å². The topological polar surface area (TPSA) is 79.5 Å². The molecule has 0 unspecified atom stereocenters. The van der Waals surface area contributed by atoms with Gasteiger partial charge in [0, 0.05) is 24.4 Å². The van der Waals surface area contributed by atoms with Gasteiger partial charge < -0.3 is 14.5 Å². The van der Waals surface area contributed by atoms with E-state index in [2.05, 4.69) is 10.1 Å². The first-order valence-corrected chi connectivity index (χ1v) is 7.86.